The number of carboxylic acids is 1. The molecule has 0 radical (unpaired) electrons. The maximum atomic E-state index is 11.6. The normalized spacial score (nSPS) is 13.0. The summed E-state index contributed by atoms with van der Waals surface area (Å²) in [6, 6.07) is 13.3. The van der Waals surface area contributed by atoms with Gasteiger partial charge in [-0.25, -0.2) is 0 Å². The van der Waals surface area contributed by atoms with Crippen LogP contribution in [0.5, 0.6) is 0 Å². The number of carboxylic acid groups (broad SMARTS) is 1. The van der Waals surface area contributed by atoms with Crippen LogP contribution in [0.15, 0.2) is 42.5 Å². The van der Waals surface area contributed by atoms with Gasteiger partial charge in [-0.3, -0.25) is 4.79 Å². The number of rotatable bonds is 12. The lowest BCUT2D eigenvalue weighted by Gasteiger charge is -2.25. The van der Waals surface area contributed by atoms with Crippen molar-refractivity contribution >= 4 is 42.0 Å². The van der Waals surface area contributed by atoms with Gasteiger partial charge in [-0.15, -0.1) is 0 Å². The zero-order chi connectivity index (χ0) is 22.1. The zero-order valence-electron chi connectivity index (χ0n) is 16.7. The molecule has 2 aromatic carbocycles. The van der Waals surface area contributed by atoms with Gasteiger partial charge in [-0.2, -0.15) is 0 Å². The average molecular weight is 453 g/mol. The van der Waals surface area contributed by atoms with Crippen LogP contribution in [0.2, 0.25) is 16.4 Å². The molecular formula is C21H27BCl2N2O4. The second-order valence-electron chi connectivity index (χ2n) is 7.42. The van der Waals surface area contributed by atoms with E-state index in [1.165, 1.54) is 0 Å². The van der Waals surface area contributed by atoms with E-state index in [1.54, 1.807) is 6.07 Å². The highest BCUT2D eigenvalue weighted by Gasteiger charge is 2.32. The summed E-state index contributed by atoms with van der Waals surface area (Å²) in [5.74, 6) is -1.03. The lowest BCUT2D eigenvalue weighted by molar-refractivity contribution is -0.144. The second-order valence-corrected chi connectivity index (χ2v) is 8.24. The predicted molar refractivity (Wildman–Crippen MR) is 123 cm³/mol. The van der Waals surface area contributed by atoms with Gasteiger partial charge in [0, 0.05) is 12.2 Å². The number of halogens is 2. The number of hydrogen-bond donors (Lipinski definition) is 5. The molecule has 6 nitrogen and oxygen atoms in total. The fraction of sp³-hybridized carbons (Fsp3) is 0.381. The quantitative estimate of drug-likeness (QED) is 0.242. The molecule has 162 valence electrons. The third-order valence-corrected chi connectivity index (χ3v) is 5.77. The van der Waals surface area contributed by atoms with Gasteiger partial charge in [0.2, 0.25) is 0 Å². The van der Waals surface area contributed by atoms with Gasteiger partial charge < -0.3 is 26.2 Å². The summed E-state index contributed by atoms with van der Waals surface area (Å²) in [6.07, 6.45) is 2.50. The van der Waals surface area contributed by atoms with E-state index in [0.29, 0.717) is 48.7 Å². The van der Waals surface area contributed by atoms with Gasteiger partial charge >= 0.3 is 13.1 Å². The molecule has 0 fully saturated rings. The number of nitrogens with one attached hydrogen (secondary N) is 1. The Bertz CT molecular complexity index is 836. The molecular weight excluding hydrogens is 426 g/mol. The largest absolute Gasteiger partial charge is 0.480 e. The number of anilines is 1. The molecule has 9 heteroatoms. The Labute approximate surface area is 187 Å². The van der Waals surface area contributed by atoms with Crippen molar-refractivity contribution in [3.05, 3.63) is 52.5 Å². The number of aliphatic carboxylic acids is 1. The Balaban J connectivity index is 1.82. The van der Waals surface area contributed by atoms with Crippen molar-refractivity contribution in [3.8, 4) is 11.1 Å². The summed E-state index contributed by atoms with van der Waals surface area (Å²) in [4.78, 5) is 11.6. The van der Waals surface area contributed by atoms with Gasteiger partial charge in [0.1, 0.15) is 5.54 Å². The summed E-state index contributed by atoms with van der Waals surface area (Å²) in [5.41, 5.74) is 7.67. The molecule has 0 amide bonds. The number of benzene rings is 2. The molecule has 0 aliphatic heterocycles. The molecule has 30 heavy (non-hydrogen) atoms. The molecule has 0 heterocycles. The number of hydrogen-bond acceptors (Lipinski definition) is 5. The van der Waals surface area contributed by atoms with Crippen molar-refractivity contribution in [2.24, 2.45) is 5.73 Å². The molecule has 2 rings (SSSR count). The lowest BCUT2D eigenvalue weighted by Crippen LogP contribution is -2.48. The van der Waals surface area contributed by atoms with Crippen LogP contribution in [0.1, 0.15) is 32.1 Å². The Morgan fingerprint density at radius 1 is 0.967 bits per heavy atom. The molecule has 6 N–H and O–H groups in total. The SMILES string of the molecule is NC(CCCCB(O)O)(CCCNc1ccc(-c2ccc(Cl)c(Cl)c2)cc1)C(=O)O. The zero-order valence-corrected chi connectivity index (χ0v) is 18.2. The number of unbranched alkanes of at least 4 members (excludes halogenated alkanes) is 1. The van der Waals surface area contributed by atoms with E-state index >= 15 is 0 Å². The number of carbonyl (C=O) groups is 1. The first-order valence-corrected chi connectivity index (χ1v) is 10.6. The van der Waals surface area contributed by atoms with Gasteiger partial charge in [0.15, 0.2) is 0 Å². The van der Waals surface area contributed by atoms with Crippen LogP contribution in [-0.2, 0) is 4.79 Å². The number of nitrogens with two attached hydrogens (primary N) is 1. The lowest BCUT2D eigenvalue weighted by atomic mass is 9.81. The first-order chi connectivity index (χ1) is 14.2. The van der Waals surface area contributed by atoms with Gasteiger partial charge in [0.05, 0.1) is 10.0 Å². The minimum atomic E-state index is -1.37. The van der Waals surface area contributed by atoms with E-state index in [4.69, 9.17) is 39.0 Å². The van der Waals surface area contributed by atoms with E-state index in [0.717, 1.165) is 16.8 Å². The molecule has 0 aliphatic rings. The minimum Gasteiger partial charge on any atom is -0.480 e. The van der Waals surface area contributed by atoms with Crippen LogP contribution in [0.3, 0.4) is 0 Å². The highest BCUT2D eigenvalue weighted by atomic mass is 35.5. The maximum absolute atomic E-state index is 11.6. The third-order valence-electron chi connectivity index (χ3n) is 5.03. The molecule has 1 unspecified atom stereocenters. The Morgan fingerprint density at radius 3 is 2.20 bits per heavy atom. The molecule has 2 aromatic rings. The van der Waals surface area contributed by atoms with E-state index < -0.39 is 18.6 Å². The van der Waals surface area contributed by atoms with Crippen molar-refractivity contribution in [2.45, 2.75) is 44.0 Å². The monoisotopic (exact) mass is 452 g/mol. The van der Waals surface area contributed by atoms with Crippen LogP contribution in [0.4, 0.5) is 5.69 Å². The van der Waals surface area contributed by atoms with Crippen molar-refractivity contribution in [3.63, 3.8) is 0 Å². The second kappa shape index (κ2) is 11.6. The predicted octanol–water partition coefficient (Wildman–Crippen LogP) is 4.28. The Morgan fingerprint density at radius 2 is 1.60 bits per heavy atom. The summed E-state index contributed by atoms with van der Waals surface area (Å²) in [6.45, 7) is 0.591. The standard InChI is InChI=1S/C21H27BCl2N2O4/c23-18-9-6-16(14-19(18)24)15-4-7-17(8-5-15)26-13-3-11-21(25,20(27)28)10-1-2-12-22(29)30/h4-9,14,26,29-30H,1-3,10-13,25H2,(H,27,28). The van der Waals surface area contributed by atoms with Crippen LogP contribution in [0.25, 0.3) is 11.1 Å². The van der Waals surface area contributed by atoms with Crippen LogP contribution >= 0.6 is 23.2 Å². The maximum Gasteiger partial charge on any atom is 0.451 e. The molecule has 0 saturated heterocycles. The van der Waals surface area contributed by atoms with Crippen LogP contribution in [0, 0.1) is 0 Å². The third kappa shape index (κ3) is 7.49. The Hall–Kier alpha value is -1.77. The first kappa shape index (κ1) is 24.5. The molecule has 0 aromatic heterocycles. The molecule has 0 aliphatic carbocycles. The first-order valence-electron chi connectivity index (χ1n) is 9.89. The van der Waals surface area contributed by atoms with Gasteiger partial charge in [-0.05, 0) is 61.0 Å². The van der Waals surface area contributed by atoms with E-state index in [1.807, 2.05) is 36.4 Å². The van der Waals surface area contributed by atoms with E-state index in [2.05, 4.69) is 5.32 Å². The molecule has 0 bridgehead atoms. The van der Waals surface area contributed by atoms with Crippen LogP contribution < -0.4 is 11.1 Å². The topological polar surface area (TPSA) is 116 Å². The van der Waals surface area contributed by atoms with Gasteiger partial charge in [0.25, 0.3) is 0 Å². The average Bonchev–Trinajstić information content (AvgIpc) is 2.71. The summed E-state index contributed by atoms with van der Waals surface area (Å²) in [7, 11) is -1.37. The van der Waals surface area contributed by atoms with E-state index in [9.17, 15) is 9.90 Å². The van der Waals surface area contributed by atoms with E-state index in [-0.39, 0.29) is 6.32 Å². The van der Waals surface area contributed by atoms with Gasteiger partial charge in [-0.1, -0.05) is 54.2 Å². The summed E-state index contributed by atoms with van der Waals surface area (Å²) in [5, 5.41) is 31.5. The summed E-state index contributed by atoms with van der Waals surface area (Å²) >= 11 is 12.0. The van der Waals surface area contributed by atoms with Crippen molar-refractivity contribution in [2.75, 3.05) is 11.9 Å². The fourth-order valence-corrected chi connectivity index (χ4v) is 3.50. The molecule has 1 atom stereocenters. The fourth-order valence-electron chi connectivity index (χ4n) is 3.20. The molecule has 0 saturated carbocycles. The van der Waals surface area contributed by atoms with Crippen molar-refractivity contribution in [1.82, 2.24) is 0 Å². The smallest absolute Gasteiger partial charge is 0.451 e. The highest BCUT2D eigenvalue weighted by Crippen LogP contribution is 2.29. The van der Waals surface area contributed by atoms with Crippen LogP contribution in [-0.4, -0.2) is 40.3 Å². The highest BCUT2D eigenvalue weighted by molar-refractivity contribution is 6.42. The molecule has 0 spiro atoms. The van der Waals surface area contributed by atoms with Crippen molar-refractivity contribution < 1.29 is 19.9 Å². The van der Waals surface area contributed by atoms with Crippen molar-refractivity contribution in [1.29, 1.82) is 0 Å². The Kier molecular flexibility index (Phi) is 9.46. The minimum absolute atomic E-state index is 0.218. The summed E-state index contributed by atoms with van der Waals surface area (Å²) < 4.78 is 0.